The molecule has 0 radical (unpaired) electrons. The monoisotopic (exact) mass is 466 g/mol. The molecular formula is C25H26N2O5S. The second kappa shape index (κ2) is 10.2. The highest BCUT2D eigenvalue weighted by molar-refractivity contribution is 7.89. The van der Waals surface area contributed by atoms with Crippen molar-refractivity contribution in [3.05, 3.63) is 78.9 Å². The number of para-hydroxylation sites is 1. The number of nitrogens with one attached hydrogen (secondary N) is 1. The van der Waals surface area contributed by atoms with Crippen molar-refractivity contribution in [1.82, 2.24) is 4.31 Å². The van der Waals surface area contributed by atoms with Crippen LogP contribution in [0.1, 0.15) is 6.92 Å². The van der Waals surface area contributed by atoms with E-state index in [0.717, 1.165) is 11.1 Å². The Labute approximate surface area is 194 Å². The predicted octanol–water partition coefficient (Wildman–Crippen LogP) is 3.78. The van der Waals surface area contributed by atoms with Gasteiger partial charge in [-0.3, -0.25) is 4.79 Å². The van der Waals surface area contributed by atoms with Gasteiger partial charge in [0.05, 0.1) is 18.1 Å². The number of rotatable bonds is 7. The normalized spacial score (nSPS) is 15.5. The Hall–Kier alpha value is -3.20. The number of hydrogen-bond donors (Lipinski definition) is 1. The van der Waals surface area contributed by atoms with Crippen molar-refractivity contribution in [2.75, 3.05) is 31.6 Å². The van der Waals surface area contributed by atoms with Crippen LogP contribution < -0.4 is 10.1 Å². The van der Waals surface area contributed by atoms with Gasteiger partial charge in [0.25, 0.3) is 5.91 Å². The van der Waals surface area contributed by atoms with E-state index in [1.165, 1.54) is 16.4 Å². The van der Waals surface area contributed by atoms with Crippen LogP contribution in [-0.4, -0.2) is 51.0 Å². The predicted molar refractivity (Wildman–Crippen MR) is 127 cm³/mol. The molecule has 1 saturated heterocycles. The maximum absolute atomic E-state index is 12.8. The van der Waals surface area contributed by atoms with Crippen LogP contribution in [-0.2, 0) is 19.6 Å². The van der Waals surface area contributed by atoms with Gasteiger partial charge in [-0.1, -0.05) is 48.5 Å². The zero-order chi connectivity index (χ0) is 23.3. The van der Waals surface area contributed by atoms with Gasteiger partial charge in [-0.05, 0) is 42.8 Å². The van der Waals surface area contributed by atoms with Crippen LogP contribution in [0, 0.1) is 0 Å². The van der Waals surface area contributed by atoms with E-state index in [2.05, 4.69) is 5.32 Å². The molecule has 1 aliphatic rings. The van der Waals surface area contributed by atoms with Gasteiger partial charge >= 0.3 is 0 Å². The quantitative estimate of drug-likeness (QED) is 0.573. The molecule has 0 saturated carbocycles. The summed E-state index contributed by atoms with van der Waals surface area (Å²) in [6.45, 7) is 3.10. The Kier molecular flexibility index (Phi) is 7.08. The molecule has 1 amide bonds. The van der Waals surface area contributed by atoms with E-state index in [1.54, 1.807) is 19.1 Å². The van der Waals surface area contributed by atoms with Gasteiger partial charge in [-0.25, -0.2) is 8.42 Å². The third-order valence-electron chi connectivity index (χ3n) is 5.38. The highest BCUT2D eigenvalue weighted by Gasteiger charge is 2.26. The van der Waals surface area contributed by atoms with Gasteiger partial charge in [-0.15, -0.1) is 0 Å². The number of benzene rings is 3. The van der Waals surface area contributed by atoms with Gasteiger partial charge in [0.2, 0.25) is 10.0 Å². The lowest BCUT2D eigenvalue weighted by atomic mass is 10.0. The summed E-state index contributed by atoms with van der Waals surface area (Å²) in [6.07, 6.45) is -0.782. The Morgan fingerprint density at radius 1 is 0.939 bits per heavy atom. The average Bonchev–Trinajstić information content (AvgIpc) is 2.86. The molecular weight excluding hydrogens is 440 g/mol. The molecule has 8 heteroatoms. The van der Waals surface area contributed by atoms with Crippen molar-refractivity contribution in [3.8, 4) is 16.9 Å². The smallest absolute Gasteiger partial charge is 0.265 e. The molecule has 4 rings (SSSR count). The molecule has 1 heterocycles. The standard InChI is InChI=1S/C25H26N2O5S/c1-19(25(28)26-24-10-6-5-9-23(24)20-7-3-2-4-8-20)32-21-11-13-22(14-12-21)33(29,30)27-15-17-31-18-16-27/h2-14,19H,15-18H2,1H3,(H,26,28)/t19-/m0/s1. The molecule has 1 atom stereocenters. The summed E-state index contributed by atoms with van der Waals surface area (Å²) in [7, 11) is -3.58. The first kappa shape index (κ1) is 23.0. The molecule has 33 heavy (non-hydrogen) atoms. The van der Waals surface area contributed by atoms with Crippen LogP contribution in [0.5, 0.6) is 5.75 Å². The van der Waals surface area contributed by atoms with Gasteiger partial charge in [0.1, 0.15) is 5.75 Å². The van der Waals surface area contributed by atoms with Gasteiger partial charge in [0.15, 0.2) is 6.10 Å². The van der Waals surface area contributed by atoms with Crippen molar-refractivity contribution in [3.63, 3.8) is 0 Å². The molecule has 0 aliphatic carbocycles. The number of ether oxygens (including phenoxy) is 2. The molecule has 3 aromatic carbocycles. The number of hydrogen-bond acceptors (Lipinski definition) is 5. The highest BCUT2D eigenvalue weighted by Crippen LogP contribution is 2.28. The second-order valence-electron chi connectivity index (χ2n) is 7.65. The number of carbonyl (C=O) groups is 1. The van der Waals surface area contributed by atoms with Crippen LogP contribution in [0.4, 0.5) is 5.69 Å². The van der Waals surface area contributed by atoms with E-state index in [0.29, 0.717) is 37.7 Å². The van der Waals surface area contributed by atoms with E-state index in [4.69, 9.17) is 9.47 Å². The SMILES string of the molecule is C[C@H](Oc1ccc(S(=O)(=O)N2CCOCC2)cc1)C(=O)Nc1ccccc1-c1ccccc1. The summed E-state index contributed by atoms with van der Waals surface area (Å²) < 4.78 is 37.9. The Morgan fingerprint density at radius 3 is 2.27 bits per heavy atom. The average molecular weight is 467 g/mol. The first-order valence-corrected chi connectivity index (χ1v) is 12.2. The maximum atomic E-state index is 12.8. The number of sulfonamides is 1. The lowest BCUT2D eigenvalue weighted by Gasteiger charge is -2.26. The number of carbonyl (C=O) groups excluding carboxylic acids is 1. The van der Waals surface area contributed by atoms with E-state index in [1.807, 2.05) is 54.6 Å². The molecule has 0 spiro atoms. The van der Waals surface area contributed by atoms with E-state index in [-0.39, 0.29) is 10.8 Å². The third kappa shape index (κ3) is 5.42. The lowest BCUT2D eigenvalue weighted by molar-refractivity contribution is -0.122. The third-order valence-corrected chi connectivity index (χ3v) is 7.30. The minimum absolute atomic E-state index is 0.186. The molecule has 0 unspecified atom stereocenters. The zero-order valence-corrected chi connectivity index (χ0v) is 19.1. The van der Waals surface area contributed by atoms with Crippen LogP contribution in [0.2, 0.25) is 0 Å². The van der Waals surface area contributed by atoms with Crippen LogP contribution >= 0.6 is 0 Å². The van der Waals surface area contributed by atoms with Gasteiger partial charge < -0.3 is 14.8 Å². The molecule has 172 valence electrons. The lowest BCUT2D eigenvalue weighted by Crippen LogP contribution is -2.40. The summed E-state index contributed by atoms with van der Waals surface area (Å²) in [5.74, 6) is 0.110. The molecule has 0 bridgehead atoms. The fourth-order valence-electron chi connectivity index (χ4n) is 3.58. The minimum atomic E-state index is -3.58. The van der Waals surface area contributed by atoms with Gasteiger partial charge in [0, 0.05) is 24.3 Å². The summed E-state index contributed by atoms with van der Waals surface area (Å²) >= 11 is 0. The summed E-state index contributed by atoms with van der Waals surface area (Å²) in [6, 6.07) is 23.5. The Morgan fingerprint density at radius 2 is 1.58 bits per heavy atom. The first-order valence-electron chi connectivity index (χ1n) is 10.7. The van der Waals surface area contributed by atoms with E-state index >= 15 is 0 Å². The topological polar surface area (TPSA) is 84.9 Å². The second-order valence-corrected chi connectivity index (χ2v) is 9.59. The largest absolute Gasteiger partial charge is 0.481 e. The minimum Gasteiger partial charge on any atom is -0.481 e. The summed E-state index contributed by atoms with van der Waals surface area (Å²) in [4.78, 5) is 13.0. The van der Waals surface area contributed by atoms with Crippen molar-refractivity contribution in [2.24, 2.45) is 0 Å². The van der Waals surface area contributed by atoms with Crippen molar-refractivity contribution in [1.29, 1.82) is 0 Å². The van der Waals surface area contributed by atoms with Crippen LogP contribution in [0.3, 0.4) is 0 Å². The number of anilines is 1. The molecule has 7 nitrogen and oxygen atoms in total. The van der Waals surface area contributed by atoms with E-state index < -0.39 is 16.1 Å². The van der Waals surface area contributed by atoms with E-state index in [9.17, 15) is 13.2 Å². The van der Waals surface area contributed by atoms with Crippen molar-refractivity contribution < 1.29 is 22.7 Å². The van der Waals surface area contributed by atoms with Crippen molar-refractivity contribution in [2.45, 2.75) is 17.9 Å². The Bertz CT molecular complexity index is 1190. The number of amides is 1. The van der Waals surface area contributed by atoms with Crippen molar-refractivity contribution >= 4 is 21.6 Å². The highest BCUT2D eigenvalue weighted by atomic mass is 32.2. The molecule has 1 fully saturated rings. The Balaban J connectivity index is 1.42. The molecule has 0 aromatic heterocycles. The molecule has 1 N–H and O–H groups in total. The summed E-state index contributed by atoms with van der Waals surface area (Å²) in [5.41, 5.74) is 2.60. The number of nitrogens with zero attached hydrogens (tertiary/aromatic N) is 1. The summed E-state index contributed by atoms with van der Waals surface area (Å²) in [5, 5.41) is 2.93. The van der Waals surface area contributed by atoms with Gasteiger partial charge in [-0.2, -0.15) is 4.31 Å². The molecule has 1 aliphatic heterocycles. The zero-order valence-electron chi connectivity index (χ0n) is 18.3. The first-order chi connectivity index (χ1) is 15.9. The fourth-order valence-corrected chi connectivity index (χ4v) is 4.99. The van der Waals surface area contributed by atoms with Crippen LogP contribution in [0.15, 0.2) is 83.8 Å². The molecule has 3 aromatic rings. The van der Waals surface area contributed by atoms with Crippen LogP contribution in [0.25, 0.3) is 11.1 Å². The number of morpholine rings is 1. The fraction of sp³-hybridized carbons (Fsp3) is 0.240. The maximum Gasteiger partial charge on any atom is 0.265 e.